The van der Waals surface area contributed by atoms with Crippen molar-refractivity contribution in [2.75, 3.05) is 12.4 Å². The van der Waals surface area contributed by atoms with Gasteiger partial charge < -0.3 is 19.7 Å². The monoisotopic (exact) mass is 643 g/mol. The molecule has 0 saturated heterocycles. The van der Waals surface area contributed by atoms with Crippen molar-refractivity contribution in [1.29, 1.82) is 0 Å². The number of hydrogen-bond donors (Lipinski definition) is 1. The number of halogens is 3. The molecule has 6 rings (SSSR count). The Morgan fingerprint density at radius 2 is 1.91 bits per heavy atom. The highest BCUT2D eigenvalue weighted by Gasteiger charge is 2.34. The molecule has 2 amide bonds. The lowest BCUT2D eigenvalue weighted by Crippen LogP contribution is -2.33. The van der Waals surface area contributed by atoms with E-state index in [0.717, 1.165) is 30.3 Å². The Kier molecular flexibility index (Phi) is 8.43. The van der Waals surface area contributed by atoms with Gasteiger partial charge in [-0.15, -0.1) is 0 Å². The van der Waals surface area contributed by atoms with Crippen molar-refractivity contribution in [2.45, 2.75) is 51.7 Å². The van der Waals surface area contributed by atoms with Gasteiger partial charge in [-0.2, -0.15) is 0 Å². The zero-order valence-corrected chi connectivity index (χ0v) is 26.4. The smallest absolute Gasteiger partial charge is 0.259 e. The van der Waals surface area contributed by atoms with Crippen LogP contribution in [0.25, 0.3) is 5.69 Å². The van der Waals surface area contributed by atoms with Gasteiger partial charge in [0.05, 0.1) is 40.5 Å². The number of amidine groups is 1. The summed E-state index contributed by atoms with van der Waals surface area (Å²) in [6.07, 6.45) is 5.26. The Morgan fingerprint density at radius 3 is 2.59 bits per heavy atom. The van der Waals surface area contributed by atoms with Crippen LogP contribution >= 0.6 is 11.6 Å². The number of aliphatic imine (C=N–C) groups is 1. The summed E-state index contributed by atoms with van der Waals surface area (Å²) in [6, 6.07) is 11.8. The number of carbonyl (C=O) groups is 2. The number of aromatic nitrogens is 3. The van der Waals surface area contributed by atoms with Crippen LogP contribution in [0.1, 0.15) is 76.0 Å². The second-order valence-corrected chi connectivity index (χ2v) is 12.0. The number of amides is 2. The highest BCUT2D eigenvalue weighted by atomic mass is 35.5. The number of pyridine rings is 1. The van der Waals surface area contributed by atoms with Crippen LogP contribution < -0.4 is 5.32 Å². The van der Waals surface area contributed by atoms with E-state index < -0.39 is 23.4 Å². The van der Waals surface area contributed by atoms with Gasteiger partial charge in [0.1, 0.15) is 23.1 Å². The van der Waals surface area contributed by atoms with E-state index in [1.165, 1.54) is 29.2 Å². The largest absolute Gasteiger partial charge is 0.330 e. The van der Waals surface area contributed by atoms with Crippen molar-refractivity contribution in [3.63, 3.8) is 0 Å². The van der Waals surface area contributed by atoms with Crippen LogP contribution in [0.2, 0.25) is 5.02 Å². The van der Waals surface area contributed by atoms with Crippen LogP contribution in [0.15, 0.2) is 72.6 Å². The van der Waals surface area contributed by atoms with Gasteiger partial charge in [0.2, 0.25) is 0 Å². The molecule has 4 aromatic rings. The maximum Gasteiger partial charge on any atom is 0.259 e. The first-order chi connectivity index (χ1) is 22.1. The Hall–Kier alpha value is -4.90. The maximum atomic E-state index is 15.7. The molecule has 0 unspecified atom stereocenters. The van der Waals surface area contributed by atoms with Gasteiger partial charge in [0, 0.05) is 31.1 Å². The molecule has 236 valence electrons. The minimum Gasteiger partial charge on any atom is -0.330 e. The second kappa shape index (κ2) is 12.5. The van der Waals surface area contributed by atoms with Gasteiger partial charge in [0.25, 0.3) is 11.8 Å². The quantitative estimate of drug-likeness (QED) is 0.178. The molecule has 0 atom stereocenters. The average molecular weight is 644 g/mol. The van der Waals surface area contributed by atoms with Crippen LogP contribution in [0, 0.1) is 11.6 Å². The molecule has 46 heavy (non-hydrogen) atoms. The molecule has 1 aliphatic heterocycles. The molecule has 2 aliphatic rings. The van der Waals surface area contributed by atoms with E-state index in [9.17, 15) is 14.0 Å². The Morgan fingerprint density at radius 1 is 1.13 bits per heavy atom. The summed E-state index contributed by atoms with van der Waals surface area (Å²) in [5.74, 6) is -1.56. The molecule has 3 heterocycles. The molecule has 1 saturated carbocycles. The number of carbonyl (C=O) groups excluding carboxylic acids is 2. The average Bonchev–Trinajstić information content (AvgIpc) is 3.82. The minimum absolute atomic E-state index is 0.0292. The molecule has 2 aromatic carbocycles. The van der Waals surface area contributed by atoms with Crippen molar-refractivity contribution in [2.24, 2.45) is 4.99 Å². The third kappa shape index (κ3) is 5.90. The number of nitrogens with zero attached hydrogens (tertiary/aromatic N) is 6. The maximum absolute atomic E-state index is 15.7. The predicted octanol–water partition coefficient (Wildman–Crippen LogP) is 6.71. The predicted molar refractivity (Wildman–Crippen MR) is 172 cm³/mol. The zero-order chi connectivity index (χ0) is 32.7. The van der Waals surface area contributed by atoms with E-state index in [1.54, 1.807) is 37.8 Å². The Bertz CT molecular complexity index is 1900. The number of anilines is 1. The van der Waals surface area contributed by atoms with Crippen LogP contribution in [0.4, 0.5) is 14.6 Å². The Labute approximate surface area is 270 Å². The van der Waals surface area contributed by atoms with Crippen molar-refractivity contribution in [3.05, 3.63) is 118 Å². The van der Waals surface area contributed by atoms with E-state index >= 15 is 4.39 Å². The summed E-state index contributed by atoms with van der Waals surface area (Å²) in [5, 5.41) is 2.63. The van der Waals surface area contributed by atoms with E-state index in [1.807, 2.05) is 23.3 Å². The third-order valence-electron chi connectivity index (χ3n) is 8.12. The summed E-state index contributed by atoms with van der Waals surface area (Å²) in [5.41, 5.74) is 3.05. The number of nitrogens with one attached hydrogen (secondary N) is 1. The number of benzene rings is 2. The van der Waals surface area contributed by atoms with E-state index in [2.05, 4.69) is 26.9 Å². The van der Waals surface area contributed by atoms with Crippen molar-refractivity contribution < 1.29 is 18.4 Å². The minimum atomic E-state index is -0.767. The molecule has 1 fully saturated rings. The molecule has 0 radical (unpaired) electrons. The Balaban J connectivity index is 1.35. The third-order valence-corrected chi connectivity index (χ3v) is 8.43. The molecule has 12 heteroatoms. The topological polar surface area (TPSA) is 95.7 Å². The van der Waals surface area contributed by atoms with Crippen LogP contribution in [0.3, 0.4) is 0 Å². The number of rotatable bonds is 7. The van der Waals surface area contributed by atoms with Gasteiger partial charge in [-0.3, -0.25) is 14.6 Å². The lowest BCUT2D eigenvalue weighted by Gasteiger charge is -2.25. The van der Waals surface area contributed by atoms with Crippen LogP contribution in [-0.4, -0.2) is 55.1 Å². The fourth-order valence-electron chi connectivity index (χ4n) is 5.69. The van der Waals surface area contributed by atoms with E-state index in [4.69, 9.17) is 11.6 Å². The first-order valence-electron chi connectivity index (χ1n) is 14.9. The van der Waals surface area contributed by atoms with Crippen molar-refractivity contribution in [1.82, 2.24) is 24.3 Å². The van der Waals surface area contributed by atoms with E-state index in [-0.39, 0.29) is 47.0 Å². The molecule has 1 aliphatic carbocycles. The zero-order valence-electron chi connectivity index (χ0n) is 25.6. The van der Waals surface area contributed by atoms with Gasteiger partial charge in [-0.1, -0.05) is 24.2 Å². The summed E-state index contributed by atoms with van der Waals surface area (Å²) < 4.78 is 31.8. The molecule has 0 spiro atoms. The fourth-order valence-corrected chi connectivity index (χ4v) is 5.81. The lowest BCUT2D eigenvalue weighted by molar-refractivity contribution is 0.0729. The molecule has 0 bridgehead atoms. The van der Waals surface area contributed by atoms with Gasteiger partial charge in [-0.25, -0.2) is 18.7 Å². The number of fused-ring (bicyclic) bond motifs is 3. The van der Waals surface area contributed by atoms with Crippen molar-refractivity contribution in [3.8, 4) is 5.69 Å². The molecule has 2 aromatic heterocycles. The van der Waals surface area contributed by atoms with Gasteiger partial charge in [0.15, 0.2) is 5.84 Å². The molecule has 9 nitrogen and oxygen atoms in total. The summed E-state index contributed by atoms with van der Waals surface area (Å²) >= 11 is 5.85. The molecular weight excluding hydrogens is 612 g/mol. The molecule has 1 N–H and O–H groups in total. The van der Waals surface area contributed by atoms with Gasteiger partial charge >= 0.3 is 0 Å². The van der Waals surface area contributed by atoms with E-state index in [0.29, 0.717) is 22.8 Å². The summed E-state index contributed by atoms with van der Waals surface area (Å²) in [4.78, 5) is 44.1. The SMILES string of the molecule is C=CN(C(=NC)c1cccc(NC(=O)c2cc3c(cc2F)CN(C(=O)c2ccc(Cl)c(F)c2)Cc2c(C4CC4)ncn2-3)n1)C(C)C. The first-order valence-corrected chi connectivity index (χ1v) is 15.3. The van der Waals surface area contributed by atoms with Gasteiger partial charge in [-0.05, 0) is 80.9 Å². The lowest BCUT2D eigenvalue weighted by atomic mass is 10.1. The summed E-state index contributed by atoms with van der Waals surface area (Å²) in [6.45, 7) is 8.05. The van der Waals surface area contributed by atoms with Crippen molar-refractivity contribution >= 4 is 35.1 Å². The number of imidazole rings is 1. The fraction of sp³-hybridized carbons (Fsp3) is 0.265. The first kappa shape index (κ1) is 31.1. The highest BCUT2D eigenvalue weighted by Crippen LogP contribution is 2.42. The second-order valence-electron chi connectivity index (χ2n) is 11.6. The normalized spacial score (nSPS) is 14.4. The molecular formula is C34H32ClF2N7O2. The summed E-state index contributed by atoms with van der Waals surface area (Å²) in [7, 11) is 1.65. The van der Waals surface area contributed by atoms with Crippen LogP contribution in [-0.2, 0) is 13.1 Å². The number of hydrogen-bond acceptors (Lipinski definition) is 5. The van der Waals surface area contributed by atoms with Crippen LogP contribution in [0.5, 0.6) is 0 Å². The highest BCUT2D eigenvalue weighted by molar-refractivity contribution is 6.30. The standard InChI is InChI=1S/C34H32ClF2N7O2/c1-5-43(19(2)3)32(38-4)27-7-6-8-30(40-27)41-33(45)23-15-28-22(14-25(23)36)16-42(34(46)21-11-12-24(35)26(37)13-21)17-29-31(20-9-10-20)39-18-44(28)29/h5-8,11-15,18-20H,1,9-10,16-17H2,2-4H3,(H,40,41,45).